The van der Waals surface area contributed by atoms with Crippen molar-refractivity contribution in [2.24, 2.45) is 0 Å². The first-order valence-corrected chi connectivity index (χ1v) is 13.1. The molecule has 0 N–H and O–H groups in total. The highest BCUT2D eigenvalue weighted by molar-refractivity contribution is 5.93. The summed E-state index contributed by atoms with van der Waals surface area (Å²) in [5.41, 5.74) is 6.30. The van der Waals surface area contributed by atoms with Gasteiger partial charge >= 0.3 is 0 Å². The Kier molecular flexibility index (Phi) is 5.29. The van der Waals surface area contributed by atoms with Crippen LogP contribution in [0.5, 0.6) is 5.75 Å². The summed E-state index contributed by atoms with van der Waals surface area (Å²) in [5.74, 6) is 1.04. The summed E-state index contributed by atoms with van der Waals surface area (Å²) in [5, 5.41) is 5.03. The van der Waals surface area contributed by atoms with E-state index in [-0.39, 0.29) is 5.41 Å². The lowest BCUT2D eigenvalue weighted by Gasteiger charge is -2.39. The van der Waals surface area contributed by atoms with E-state index in [1.165, 1.54) is 49.4 Å². The van der Waals surface area contributed by atoms with E-state index >= 15 is 0 Å². The Labute approximate surface area is 218 Å². The molecule has 1 aliphatic rings. The van der Waals surface area contributed by atoms with Gasteiger partial charge in [0.2, 0.25) is 0 Å². The number of ether oxygens (including phenoxy) is 1. The fourth-order valence-electron chi connectivity index (χ4n) is 6.07. The molecule has 37 heavy (non-hydrogen) atoms. The van der Waals surface area contributed by atoms with Crippen molar-refractivity contribution < 1.29 is 4.74 Å². The second-order valence-corrected chi connectivity index (χ2v) is 10.2. The Hall–Kier alpha value is -4.36. The van der Waals surface area contributed by atoms with Crippen LogP contribution in [-0.2, 0) is 18.3 Å². The zero-order valence-electron chi connectivity index (χ0n) is 20.7. The number of fused-ring (bicyclic) bond motifs is 4. The van der Waals surface area contributed by atoms with Gasteiger partial charge in [-0.2, -0.15) is 0 Å². The topological polar surface area (TPSA) is 9.23 Å². The van der Waals surface area contributed by atoms with Crippen LogP contribution in [0.15, 0.2) is 133 Å². The van der Waals surface area contributed by atoms with Gasteiger partial charge in [0.05, 0.1) is 5.41 Å². The molecule has 1 heteroatoms. The maximum atomic E-state index is 6.78. The molecule has 0 bridgehead atoms. The van der Waals surface area contributed by atoms with E-state index in [4.69, 9.17) is 4.74 Å². The van der Waals surface area contributed by atoms with Gasteiger partial charge in [0.1, 0.15) is 12.4 Å². The lowest BCUT2D eigenvalue weighted by Crippen LogP contribution is -2.40. The summed E-state index contributed by atoms with van der Waals surface area (Å²) in [7, 11) is 0. The zero-order valence-corrected chi connectivity index (χ0v) is 20.7. The van der Waals surface area contributed by atoms with Gasteiger partial charge in [-0.3, -0.25) is 0 Å². The minimum absolute atomic E-state index is 0.242. The smallest absolute Gasteiger partial charge is 0.130 e. The minimum atomic E-state index is -0.242. The predicted molar refractivity (Wildman–Crippen MR) is 154 cm³/mol. The third kappa shape index (κ3) is 3.79. The number of hydrogen-bond donors (Lipinski definition) is 0. The third-order valence-electron chi connectivity index (χ3n) is 8.00. The molecule has 0 radical (unpaired) electrons. The monoisotopic (exact) mass is 476 g/mol. The number of hydrogen-bond acceptors (Lipinski definition) is 1. The van der Waals surface area contributed by atoms with E-state index in [2.05, 4.69) is 133 Å². The molecule has 6 aromatic rings. The van der Waals surface area contributed by atoms with Crippen molar-refractivity contribution in [3.63, 3.8) is 0 Å². The quantitative estimate of drug-likeness (QED) is 0.248. The van der Waals surface area contributed by atoms with Crippen LogP contribution in [0.2, 0.25) is 0 Å². The molecule has 7 rings (SSSR count). The highest BCUT2D eigenvalue weighted by Crippen LogP contribution is 2.45. The van der Waals surface area contributed by atoms with Crippen molar-refractivity contribution in [1.29, 1.82) is 0 Å². The average molecular weight is 477 g/mol. The Bertz CT molecular complexity index is 1720. The first-order chi connectivity index (χ1) is 18.3. The summed E-state index contributed by atoms with van der Waals surface area (Å²) in [6.07, 6.45) is 1.82. The molecule has 0 spiro atoms. The molecule has 6 aromatic carbocycles. The highest BCUT2D eigenvalue weighted by atomic mass is 16.5. The van der Waals surface area contributed by atoms with Gasteiger partial charge in [-0.05, 0) is 56.8 Å². The Morgan fingerprint density at radius 2 is 1.32 bits per heavy atom. The van der Waals surface area contributed by atoms with E-state index < -0.39 is 0 Å². The van der Waals surface area contributed by atoms with Gasteiger partial charge in [0.25, 0.3) is 0 Å². The summed E-state index contributed by atoms with van der Waals surface area (Å²) in [6, 6.07) is 48.3. The second-order valence-electron chi connectivity index (χ2n) is 10.2. The Morgan fingerprint density at radius 3 is 2.16 bits per heavy atom. The third-order valence-corrected chi connectivity index (χ3v) is 8.00. The molecule has 1 heterocycles. The highest BCUT2D eigenvalue weighted by Gasteiger charge is 2.40. The van der Waals surface area contributed by atoms with Crippen LogP contribution >= 0.6 is 0 Å². The SMILES string of the molecule is c1ccc(Cc2cccc3c4c(ccc23)CC(c2ccccc2)(c2ccc3ccccc3c2)CO4)cc1. The number of benzene rings is 6. The van der Waals surface area contributed by atoms with Crippen LogP contribution in [0.4, 0.5) is 0 Å². The fourth-order valence-corrected chi connectivity index (χ4v) is 6.07. The Morgan fingerprint density at radius 1 is 0.568 bits per heavy atom. The van der Waals surface area contributed by atoms with Crippen LogP contribution in [0.3, 0.4) is 0 Å². The van der Waals surface area contributed by atoms with E-state index in [9.17, 15) is 0 Å². The molecular formula is C36H28O. The molecule has 0 aliphatic carbocycles. The van der Waals surface area contributed by atoms with Gasteiger partial charge < -0.3 is 4.74 Å². The maximum absolute atomic E-state index is 6.78. The molecule has 1 nitrogen and oxygen atoms in total. The molecule has 0 amide bonds. The predicted octanol–water partition coefficient (Wildman–Crippen LogP) is 8.51. The van der Waals surface area contributed by atoms with Crippen LogP contribution in [-0.4, -0.2) is 6.61 Å². The second kappa shape index (κ2) is 8.94. The molecular weight excluding hydrogens is 448 g/mol. The lowest BCUT2D eigenvalue weighted by atomic mass is 9.69. The van der Waals surface area contributed by atoms with E-state index in [0.29, 0.717) is 6.61 Å². The van der Waals surface area contributed by atoms with Crippen molar-refractivity contribution in [3.05, 3.63) is 161 Å². The standard InChI is InChI=1S/C36H28O/c1-3-10-26(11-4-1)22-29-14-9-17-34-33(29)21-19-30-24-36(25-37-35(30)34,31-15-5-2-6-16-31)32-20-18-27-12-7-8-13-28(27)23-32/h1-21,23H,22,24-25H2. The van der Waals surface area contributed by atoms with Crippen molar-refractivity contribution in [2.45, 2.75) is 18.3 Å². The van der Waals surface area contributed by atoms with Gasteiger partial charge in [-0.1, -0.05) is 133 Å². The molecule has 1 aliphatic heterocycles. The van der Waals surface area contributed by atoms with Crippen LogP contribution < -0.4 is 4.74 Å². The van der Waals surface area contributed by atoms with Crippen LogP contribution in [0.25, 0.3) is 21.5 Å². The molecule has 0 saturated heterocycles. The summed E-state index contributed by atoms with van der Waals surface area (Å²) >= 11 is 0. The summed E-state index contributed by atoms with van der Waals surface area (Å²) < 4.78 is 6.78. The van der Waals surface area contributed by atoms with E-state index in [1.54, 1.807) is 0 Å². The summed E-state index contributed by atoms with van der Waals surface area (Å²) in [4.78, 5) is 0. The van der Waals surface area contributed by atoms with Gasteiger partial charge in [-0.25, -0.2) is 0 Å². The van der Waals surface area contributed by atoms with E-state index in [1.807, 2.05) is 0 Å². The van der Waals surface area contributed by atoms with Gasteiger partial charge in [0, 0.05) is 5.39 Å². The van der Waals surface area contributed by atoms with Crippen molar-refractivity contribution in [1.82, 2.24) is 0 Å². The first-order valence-electron chi connectivity index (χ1n) is 13.1. The zero-order chi connectivity index (χ0) is 24.7. The van der Waals surface area contributed by atoms with Crippen molar-refractivity contribution in [2.75, 3.05) is 6.61 Å². The van der Waals surface area contributed by atoms with Gasteiger partial charge in [-0.15, -0.1) is 0 Å². The number of rotatable bonds is 4. The molecule has 0 aromatic heterocycles. The molecule has 1 atom stereocenters. The summed E-state index contributed by atoms with van der Waals surface area (Å²) in [6.45, 7) is 0.615. The molecule has 0 fully saturated rings. The lowest BCUT2D eigenvalue weighted by molar-refractivity contribution is 0.218. The molecule has 1 unspecified atom stereocenters. The van der Waals surface area contributed by atoms with E-state index in [0.717, 1.165) is 18.6 Å². The Balaban J connectivity index is 1.35. The largest absolute Gasteiger partial charge is 0.491 e. The van der Waals surface area contributed by atoms with Crippen LogP contribution in [0.1, 0.15) is 27.8 Å². The minimum Gasteiger partial charge on any atom is -0.491 e. The van der Waals surface area contributed by atoms with Gasteiger partial charge in [0.15, 0.2) is 0 Å². The molecule has 178 valence electrons. The van der Waals surface area contributed by atoms with Crippen molar-refractivity contribution in [3.8, 4) is 5.75 Å². The normalized spacial score (nSPS) is 16.9. The first kappa shape index (κ1) is 21.9. The average Bonchev–Trinajstić information content (AvgIpc) is 2.97. The van der Waals surface area contributed by atoms with Crippen molar-refractivity contribution >= 4 is 21.5 Å². The molecule has 0 saturated carbocycles. The maximum Gasteiger partial charge on any atom is 0.130 e. The fraction of sp³-hybridized carbons (Fsp3) is 0.111. The van der Waals surface area contributed by atoms with Crippen LogP contribution in [0, 0.1) is 0 Å².